The number of β-amino-alcohol motifs (C(OH)–C–C–N with tert-alkyl or cyclic N) is 1. The van der Waals surface area contributed by atoms with Crippen molar-refractivity contribution in [1.29, 1.82) is 0 Å². The zero-order valence-corrected chi connectivity index (χ0v) is 17.0. The number of ether oxygens (including phenoxy) is 2. The Hall–Kier alpha value is -1.83. The summed E-state index contributed by atoms with van der Waals surface area (Å²) in [5.74, 6) is 1.56. The van der Waals surface area contributed by atoms with E-state index < -0.39 is 5.60 Å². The number of nitrogens with zero attached hydrogens (tertiary/aromatic N) is 2. The Balaban J connectivity index is 1.92. The quantitative estimate of drug-likeness (QED) is 0.465. The molecule has 0 spiro atoms. The second-order valence-corrected chi connectivity index (χ2v) is 7.24. The van der Waals surface area contributed by atoms with Crippen LogP contribution in [0, 0.1) is 6.92 Å². The van der Waals surface area contributed by atoms with Gasteiger partial charge in [-0.05, 0) is 38.0 Å². The van der Waals surface area contributed by atoms with Gasteiger partial charge in [0.15, 0.2) is 5.96 Å². The van der Waals surface area contributed by atoms with Gasteiger partial charge in [0.25, 0.3) is 0 Å². The molecule has 0 saturated carbocycles. The molecule has 1 aliphatic heterocycles. The van der Waals surface area contributed by atoms with Crippen LogP contribution in [0.3, 0.4) is 0 Å². The number of aliphatic imine (C=N–C) groups is 1. The van der Waals surface area contributed by atoms with E-state index in [1.807, 2.05) is 32.9 Å². The molecule has 1 atom stereocenters. The molecule has 0 aliphatic carbocycles. The van der Waals surface area contributed by atoms with Gasteiger partial charge in [-0.25, -0.2) is 4.99 Å². The maximum absolute atomic E-state index is 10.7. The van der Waals surface area contributed by atoms with Gasteiger partial charge >= 0.3 is 0 Å². The van der Waals surface area contributed by atoms with Gasteiger partial charge < -0.3 is 25.2 Å². The molecule has 0 bridgehead atoms. The molecule has 1 fully saturated rings. The van der Waals surface area contributed by atoms with Crippen LogP contribution >= 0.6 is 0 Å². The van der Waals surface area contributed by atoms with E-state index in [-0.39, 0.29) is 0 Å². The summed E-state index contributed by atoms with van der Waals surface area (Å²) in [6.45, 7) is 11.4. The molecule has 1 aliphatic rings. The van der Waals surface area contributed by atoms with Crippen molar-refractivity contribution < 1.29 is 14.6 Å². The minimum absolute atomic E-state index is 0.424. The maximum atomic E-state index is 10.7. The number of hydrogen-bond acceptors (Lipinski definition) is 5. The molecule has 1 aromatic carbocycles. The Kier molecular flexibility index (Phi) is 8.34. The van der Waals surface area contributed by atoms with Crippen LogP contribution in [0.1, 0.15) is 25.0 Å². The first-order valence-corrected chi connectivity index (χ1v) is 9.61. The Morgan fingerprint density at radius 2 is 2.07 bits per heavy atom. The minimum Gasteiger partial charge on any atom is -0.496 e. The van der Waals surface area contributed by atoms with Gasteiger partial charge in [0.05, 0.1) is 32.5 Å². The average molecular weight is 379 g/mol. The highest BCUT2D eigenvalue weighted by atomic mass is 16.5. The van der Waals surface area contributed by atoms with Gasteiger partial charge in [-0.15, -0.1) is 0 Å². The standard InChI is InChI=1S/C20H34N4O3/c1-5-21-19(22-13-17-7-6-16(2)18(12-17)26-4)23-14-20(3,25)15-24-8-10-27-11-9-24/h6-7,12,25H,5,8-11,13-15H2,1-4H3,(H2,21,22,23). The maximum Gasteiger partial charge on any atom is 0.191 e. The molecule has 0 aromatic heterocycles. The van der Waals surface area contributed by atoms with Gasteiger partial charge in [-0.3, -0.25) is 4.90 Å². The van der Waals surface area contributed by atoms with E-state index in [2.05, 4.69) is 26.6 Å². The number of morpholine rings is 1. The first-order chi connectivity index (χ1) is 12.9. The van der Waals surface area contributed by atoms with E-state index in [4.69, 9.17) is 9.47 Å². The van der Waals surface area contributed by atoms with Crippen LogP contribution in [0.25, 0.3) is 0 Å². The molecule has 1 aromatic rings. The molecular weight excluding hydrogens is 344 g/mol. The Morgan fingerprint density at radius 3 is 2.74 bits per heavy atom. The molecule has 1 heterocycles. The molecule has 152 valence electrons. The summed E-state index contributed by atoms with van der Waals surface area (Å²) >= 11 is 0. The largest absolute Gasteiger partial charge is 0.496 e. The van der Waals surface area contributed by atoms with E-state index in [1.54, 1.807) is 7.11 Å². The van der Waals surface area contributed by atoms with Crippen LogP contribution in [-0.4, -0.2) is 74.6 Å². The van der Waals surface area contributed by atoms with Crippen molar-refractivity contribution in [2.45, 2.75) is 32.9 Å². The number of benzene rings is 1. The SMILES string of the molecule is CCNC(=NCc1ccc(C)c(OC)c1)NCC(C)(O)CN1CCOCC1. The molecule has 0 radical (unpaired) electrons. The van der Waals surface area contributed by atoms with Crippen molar-refractivity contribution in [3.05, 3.63) is 29.3 Å². The molecule has 2 rings (SSSR count). The molecule has 7 heteroatoms. The smallest absolute Gasteiger partial charge is 0.191 e. The predicted octanol–water partition coefficient (Wildman–Crippen LogP) is 1.14. The lowest BCUT2D eigenvalue weighted by atomic mass is 10.1. The molecular formula is C20H34N4O3. The normalized spacial score (nSPS) is 18.0. The number of aliphatic hydroxyl groups is 1. The van der Waals surface area contributed by atoms with Gasteiger partial charge in [0, 0.05) is 32.7 Å². The van der Waals surface area contributed by atoms with Gasteiger partial charge in [-0.2, -0.15) is 0 Å². The van der Waals surface area contributed by atoms with Crippen LogP contribution < -0.4 is 15.4 Å². The van der Waals surface area contributed by atoms with Crippen molar-refractivity contribution in [1.82, 2.24) is 15.5 Å². The lowest BCUT2D eigenvalue weighted by Gasteiger charge is -2.34. The van der Waals surface area contributed by atoms with E-state index in [0.717, 1.165) is 49.7 Å². The number of methoxy groups -OCH3 is 1. The zero-order chi connectivity index (χ0) is 19.7. The average Bonchev–Trinajstić information content (AvgIpc) is 2.65. The summed E-state index contributed by atoms with van der Waals surface area (Å²) in [5.41, 5.74) is 1.34. The van der Waals surface area contributed by atoms with Gasteiger partial charge in [0.2, 0.25) is 0 Å². The first-order valence-electron chi connectivity index (χ1n) is 9.61. The van der Waals surface area contributed by atoms with Crippen molar-refractivity contribution in [3.63, 3.8) is 0 Å². The highest BCUT2D eigenvalue weighted by molar-refractivity contribution is 5.79. The third-order valence-corrected chi connectivity index (χ3v) is 4.54. The summed E-state index contributed by atoms with van der Waals surface area (Å²) in [5, 5.41) is 17.2. The zero-order valence-electron chi connectivity index (χ0n) is 17.0. The molecule has 1 unspecified atom stereocenters. The monoisotopic (exact) mass is 378 g/mol. The fourth-order valence-electron chi connectivity index (χ4n) is 3.05. The van der Waals surface area contributed by atoms with Crippen LogP contribution in [0.5, 0.6) is 5.75 Å². The van der Waals surface area contributed by atoms with Crippen LogP contribution in [0.4, 0.5) is 0 Å². The summed E-state index contributed by atoms with van der Waals surface area (Å²) in [6.07, 6.45) is 0. The molecule has 1 saturated heterocycles. The van der Waals surface area contributed by atoms with Gasteiger partial charge in [-0.1, -0.05) is 12.1 Å². The molecule has 27 heavy (non-hydrogen) atoms. The van der Waals surface area contributed by atoms with E-state index in [9.17, 15) is 5.11 Å². The number of nitrogens with one attached hydrogen (secondary N) is 2. The molecule has 3 N–H and O–H groups in total. The van der Waals surface area contributed by atoms with E-state index in [1.165, 1.54) is 0 Å². The second-order valence-electron chi connectivity index (χ2n) is 7.24. The molecule has 0 amide bonds. The third kappa shape index (κ3) is 7.36. The van der Waals surface area contributed by atoms with Crippen molar-refractivity contribution in [3.8, 4) is 5.75 Å². The van der Waals surface area contributed by atoms with Crippen molar-refractivity contribution in [2.75, 3.05) is 53.0 Å². The van der Waals surface area contributed by atoms with Crippen molar-refractivity contribution in [2.24, 2.45) is 4.99 Å². The summed E-state index contributed by atoms with van der Waals surface area (Å²) in [4.78, 5) is 6.86. The fraction of sp³-hybridized carbons (Fsp3) is 0.650. The Bertz CT molecular complexity index is 613. The highest BCUT2D eigenvalue weighted by Crippen LogP contribution is 2.19. The minimum atomic E-state index is -0.847. The number of aryl methyl sites for hydroxylation is 1. The topological polar surface area (TPSA) is 78.4 Å². The predicted molar refractivity (Wildman–Crippen MR) is 108 cm³/mol. The summed E-state index contributed by atoms with van der Waals surface area (Å²) in [6, 6.07) is 6.10. The lowest BCUT2D eigenvalue weighted by molar-refractivity contribution is -0.0201. The molecule has 7 nitrogen and oxygen atoms in total. The number of rotatable bonds is 8. The summed E-state index contributed by atoms with van der Waals surface area (Å²) < 4.78 is 10.7. The summed E-state index contributed by atoms with van der Waals surface area (Å²) in [7, 11) is 1.68. The number of hydrogen-bond donors (Lipinski definition) is 3. The lowest BCUT2D eigenvalue weighted by Crippen LogP contribution is -2.52. The number of guanidine groups is 1. The van der Waals surface area contributed by atoms with E-state index >= 15 is 0 Å². The van der Waals surface area contributed by atoms with Crippen LogP contribution in [-0.2, 0) is 11.3 Å². The third-order valence-electron chi connectivity index (χ3n) is 4.54. The highest BCUT2D eigenvalue weighted by Gasteiger charge is 2.25. The van der Waals surface area contributed by atoms with Gasteiger partial charge in [0.1, 0.15) is 5.75 Å². The Labute approximate surface area is 162 Å². The fourth-order valence-corrected chi connectivity index (χ4v) is 3.05. The first kappa shape index (κ1) is 21.5. The van der Waals surface area contributed by atoms with Crippen LogP contribution in [0.2, 0.25) is 0 Å². The Morgan fingerprint density at radius 1 is 1.33 bits per heavy atom. The van der Waals surface area contributed by atoms with Crippen LogP contribution in [0.15, 0.2) is 23.2 Å². The van der Waals surface area contributed by atoms with E-state index in [0.29, 0.717) is 25.6 Å². The van der Waals surface area contributed by atoms with Crippen molar-refractivity contribution >= 4 is 5.96 Å². The second kappa shape index (κ2) is 10.5.